The molecule has 4 rings (SSSR count). The number of amides is 1. The van der Waals surface area contributed by atoms with Crippen LogP contribution in [0.1, 0.15) is 35.3 Å². The molecule has 5 nitrogen and oxygen atoms in total. The number of hydrogen-bond donors (Lipinski definition) is 1. The lowest BCUT2D eigenvalue weighted by Gasteiger charge is -2.26. The largest absolute Gasteiger partial charge is 0.482 e. The molecule has 7 heteroatoms. The second-order valence-corrected chi connectivity index (χ2v) is 9.72. The second-order valence-electron chi connectivity index (χ2n) is 8.88. The van der Waals surface area contributed by atoms with Gasteiger partial charge in [0.1, 0.15) is 11.5 Å². The van der Waals surface area contributed by atoms with Gasteiger partial charge in [-0.3, -0.25) is 4.79 Å². The fraction of sp³-hybridized carbons (Fsp3) is 0.133. The SMILES string of the molecule is CC(C)(c1ccccc1)c1ccc(OCC(=O)Oc2ccc(C(=O)Nc3cc(Cl)ccc3Cl)cc2)cc1. The summed E-state index contributed by atoms with van der Waals surface area (Å²) in [5, 5.41) is 3.53. The molecule has 0 spiro atoms. The fourth-order valence-electron chi connectivity index (χ4n) is 3.75. The Labute approximate surface area is 225 Å². The molecule has 4 aromatic carbocycles. The van der Waals surface area contributed by atoms with E-state index in [0.717, 1.165) is 5.56 Å². The zero-order valence-electron chi connectivity index (χ0n) is 20.3. The van der Waals surface area contributed by atoms with E-state index in [1.807, 2.05) is 42.5 Å². The van der Waals surface area contributed by atoms with Crippen LogP contribution >= 0.6 is 23.2 Å². The van der Waals surface area contributed by atoms with Crippen LogP contribution in [0.5, 0.6) is 11.5 Å². The maximum atomic E-state index is 12.5. The van der Waals surface area contributed by atoms with E-state index in [1.54, 1.807) is 30.3 Å². The lowest BCUT2D eigenvalue weighted by Crippen LogP contribution is -2.19. The van der Waals surface area contributed by atoms with Crippen LogP contribution in [0.2, 0.25) is 10.0 Å². The summed E-state index contributed by atoms with van der Waals surface area (Å²) in [4.78, 5) is 24.8. The van der Waals surface area contributed by atoms with Crippen molar-refractivity contribution in [2.75, 3.05) is 11.9 Å². The number of hydrogen-bond acceptors (Lipinski definition) is 4. The molecule has 0 aromatic heterocycles. The van der Waals surface area contributed by atoms with Crippen molar-refractivity contribution in [2.45, 2.75) is 19.3 Å². The Morgan fingerprint density at radius 2 is 1.41 bits per heavy atom. The summed E-state index contributed by atoms with van der Waals surface area (Å²) in [6.07, 6.45) is 0. The molecule has 4 aromatic rings. The zero-order valence-corrected chi connectivity index (χ0v) is 21.8. The molecular weight excluding hydrogens is 509 g/mol. The molecule has 0 saturated heterocycles. The Kier molecular flexibility index (Phi) is 8.17. The molecule has 1 amide bonds. The highest BCUT2D eigenvalue weighted by Gasteiger charge is 2.22. The number of ether oxygens (including phenoxy) is 2. The number of carbonyl (C=O) groups excluding carboxylic acids is 2. The Morgan fingerprint density at radius 1 is 0.784 bits per heavy atom. The van der Waals surface area contributed by atoms with Gasteiger partial charge in [-0.1, -0.05) is 79.5 Å². The number of esters is 1. The number of carbonyl (C=O) groups is 2. The molecule has 188 valence electrons. The predicted molar refractivity (Wildman–Crippen MR) is 147 cm³/mol. The van der Waals surface area contributed by atoms with E-state index in [4.69, 9.17) is 32.7 Å². The van der Waals surface area contributed by atoms with E-state index in [1.165, 1.54) is 17.7 Å². The maximum Gasteiger partial charge on any atom is 0.349 e. The first-order valence-corrected chi connectivity index (χ1v) is 12.3. The summed E-state index contributed by atoms with van der Waals surface area (Å²) in [6, 6.07) is 28.9. The van der Waals surface area contributed by atoms with Gasteiger partial charge >= 0.3 is 5.97 Å². The van der Waals surface area contributed by atoms with E-state index in [9.17, 15) is 9.59 Å². The van der Waals surface area contributed by atoms with Gasteiger partial charge in [0.05, 0.1) is 10.7 Å². The van der Waals surface area contributed by atoms with Gasteiger partial charge in [-0.2, -0.15) is 0 Å². The highest BCUT2D eigenvalue weighted by atomic mass is 35.5. The average Bonchev–Trinajstić information content (AvgIpc) is 2.90. The third kappa shape index (κ3) is 6.70. The molecule has 1 N–H and O–H groups in total. The van der Waals surface area contributed by atoms with Crippen molar-refractivity contribution in [3.8, 4) is 11.5 Å². The van der Waals surface area contributed by atoms with Crippen LogP contribution in [0, 0.1) is 0 Å². The highest BCUT2D eigenvalue weighted by molar-refractivity contribution is 6.35. The molecule has 0 heterocycles. The van der Waals surface area contributed by atoms with Gasteiger partial charge in [0.2, 0.25) is 0 Å². The smallest absolute Gasteiger partial charge is 0.349 e. The minimum Gasteiger partial charge on any atom is -0.482 e. The van der Waals surface area contributed by atoms with Crippen LogP contribution in [0.25, 0.3) is 0 Å². The molecule has 0 bridgehead atoms. The second kappa shape index (κ2) is 11.5. The standard InChI is InChI=1S/C30H25Cl2NO4/c1-30(2,21-6-4-3-5-7-21)22-10-15-24(16-11-22)36-19-28(34)37-25-13-8-20(9-14-25)29(35)33-27-18-23(31)12-17-26(27)32/h3-18H,19H2,1-2H3,(H,33,35). The minimum absolute atomic E-state index is 0.164. The van der Waals surface area contributed by atoms with Gasteiger partial charge in [0.15, 0.2) is 6.61 Å². The zero-order chi connectivity index (χ0) is 26.4. The number of halogens is 2. The monoisotopic (exact) mass is 533 g/mol. The lowest BCUT2D eigenvalue weighted by molar-refractivity contribution is -0.136. The predicted octanol–water partition coefficient (Wildman–Crippen LogP) is 7.56. The first-order chi connectivity index (χ1) is 17.7. The molecule has 0 aliphatic carbocycles. The molecule has 0 aliphatic rings. The lowest BCUT2D eigenvalue weighted by atomic mass is 9.78. The summed E-state index contributed by atoms with van der Waals surface area (Å²) in [5.41, 5.74) is 2.95. The van der Waals surface area contributed by atoms with Crippen molar-refractivity contribution in [1.82, 2.24) is 0 Å². The first kappa shape index (κ1) is 26.3. The van der Waals surface area contributed by atoms with Gasteiger partial charge in [-0.25, -0.2) is 4.79 Å². The molecule has 0 unspecified atom stereocenters. The van der Waals surface area contributed by atoms with Crippen LogP contribution in [-0.2, 0) is 10.2 Å². The van der Waals surface area contributed by atoms with Gasteiger partial charge < -0.3 is 14.8 Å². The van der Waals surface area contributed by atoms with Crippen molar-refractivity contribution < 1.29 is 19.1 Å². The molecule has 0 radical (unpaired) electrons. The number of rotatable bonds is 8. The Bertz CT molecular complexity index is 1390. The van der Waals surface area contributed by atoms with Crippen LogP contribution < -0.4 is 14.8 Å². The minimum atomic E-state index is -0.559. The number of nitrogens with one attached hydrogen (secondary N) is 1. The van der Waals surface area contributed by atoms with Crippen molar-refractivity contribution in [1.29, 1.82) is 0 Å². The third-order valence-electron chi connectivity index (χ3n) is 5.95. The van der Waals surface area contributed by atoms with Gasteiger partial charge in [0, 0.05) is 16.0 Å². The number of anilines is 1. The normalized spacial score (nSPS) is 11.0. The van der Waals surface area contributed by atoms with Gasteiger partial charge in [-0.05, 0) is 65.7 Å². The summed E-state index contributed by atoms with van der Waals surface area (Å²) in [6.45, 7) is 4.07. The van der Waals surface area contributed by atoms with Crippen LogP contribution in [0.3, 0.4) is 0 Å². The Hall–Kier alpha value is -3.80. The van der Waals surface area contributed by atoms with Crippen molar-refractivity contribution in [3.63, 3.8) is 0 Å². The molecule has 0 aliphatic heterocycles. The molecule has 0 atom stereocenters. The van der Waals surface area contributed by atoms with Gasteiger partial charge in [-0.15, -0.1) is 0 Å². The molecular formula is C30H25Cl2NO4. The van der Waals surface area contributed by atoms with E-state index in [-0.39, 0.29) is 17.9 Å². The van der Waals surface area contributed by atoms with Crippen LogP contribution in [-0.4, -0.2) is 18.5 Å². The van der Waals surface area contributed by atoms with E-state index < -0.39 is 5.97 Å². The van der Waals surface area contributed by atoms with E-state index in [2.05, 4.69) is 31.3 Å². The summed E-state index contributed by atoms with van der Waals surface area (Å²) < 4.78 is 10.9. The Balaban J connectivity index is 1.29. The summed E-state index contributed by atoms with van der Waals surface area (Å²) in [7, 11) is 0. The molecule has 0 fully saturated rings. The quantitative estimate of drug-likeness (QED) is 0.187. The van der Waals surface area contributed by atoms with Crippen molar-refractivity contribution in [3.05, 3.63) is 124 Å². The molecule has 37 heavy (non-hydrogen) atoms. The summed E-state index contributed by atoms with van der Waals surface area (Å²) in [5.74, 6) is -0.0666. The van der Waals surface area contributed by atoms with E-state index in [0.29, 0.717) is 32.8 Å². The van der Waals surface area contributed by atoms with E-state index >= 15 is 0 Å². The Morgan fingerprint density at radius 3 is 2.08 bits per heavy atom. The highest BCUT2D eigenvalue weighted by Crippen LogP contribution is 2.32. The first-order valence-electron chi connectivity index (χ1n) is 11.6. The van der Waals surface area contributed by atoms with Crippen molar-refractivity contribution in [2.24, 2.45) is 0 Å². The average molecular weight is 534 g/mol. The van der Waals surface area contributed by atoms with Crippen LogP contribution in [0.4, 0.5) is 5.69 Å². The third-order valence-corrected chi connectivity index (χ3v) is 6.52. The number of benzene rings is 4. The van der Waals surface area contributed by atoms with Gasteiger partial charge in [0.25, 0.3) is 5.91 Å². The van der Waals surface area contributed by atoms with Crippen molar-refractivity contribution >= 4 is 40.8 Å². The summed E-state index contributed by atoms with van der Waals surface area (Å²) >= 11 is 12.1. The fourth-order valence-corrected chi connectivity index (χ4v) is 4.09. The van der Waals surface area contributed by atoms with Crippen LogP contribution in [0.15, 0.2) is 97.1 Å². The molecule has 0 saturated carbocycles. The topological polar surface area (TPSA) is 64.6 Å². The maximum absolute atomic E-state index is 12.5.